The minimum absolute atomic E-state index is 0.00299. The van der Waals surface area contributed by atoms with Gasteiger partial charge in [-0.2, -0.15) is 0 Å². The van der Waals surface area contributed by atoms with Crippen LogP contribution in [0, 0.1) is 12.8 Å². The van der Waals surface area contributed by atoms with Crippen molar-refractivity contribution in [3.05, 3.63) is 65.2 Å². The Kier molecular flexibility index (Phi) is 7.65. The monoisotopic (exact) mass is 423 g/mol. The fourth-order valence-electron chi connectivity index (χ4n) is 3.54. The molecule has 0 aromatic heterocycles. The molecule has 0 atom stereocenters. The Morgan fingerprint density at radius 2 is 1.61 bits per heavy atom. The van der Waals surface area contributed by atoms with E-state index in [1.807, 2.05) is 55.5 Å². The van der Waals surface area contributed by atoms with Gasteiger partial charge in [0.05, 0.1) is 13.7 Å². The molecule has 7 heteroatoms. The summed E-state index contributed by atoms with van der Waals surface area (Å²) in [5, 5.41) is 5.51. The summed E-state index contributed by atoms with van der Waals surface area (Å²) in [4.78, 5) is 38.8. The van der Waals surface area contributed by atoms with Crippen LogP contribution in [-0.4, -0.2) is 49.4 Å². The first kappa shape index (κ1) is 22.3. The van der Waals surface area contributed by atoms with Gasteiger partial charge < -0.3 is 20.3 Å². The van der Waals surface area contributed by atoms with Crippen molar-refractivity contribution in [2.45, 2.75) is 26.3 Å². The predicted molar refractivity (Wildman–Crippen MR) is 118 cm³/mol. The zero-order chi connectivity index (χ0) is 22.2. The third kappa shape index (κ3) is 6.31. The molecule has 3 rings (SSSR count). The summed E-state index contributed by atoms with van der Waals surface area (Å²) in [5.74, 6) is 0.195. The molecule has 0 radical (unpaired) electrons. The maximum absolute atomic E-state index is 12.6. The molecule has 1 fully saturated rings. The first-order valence-electron chi connectivity index (χ1n) is 10.5. The average molecular weight is 424 g/mol. The van der Waals surface area contributed by atoms with E-state index in [0.29, 0.717) is 38.0 Å². The van der Waals surface area contributed by atoms with E-state index >= 15 is 0 Å². The van der Waals surface area contributed by atoms with Crippen LogP contribution in [0.4, 0.5) is 0 Å². The van der Waals surface area contributed by atoms with E-state index in [2.05, 4.69) is 10.6 Å². The molecule has 1 saturated heterocycles. The molecule has 2 N–H and O–H groups in total. The summed E-state index contributed by atoms with van der Waals surface area (Å²) >= 11 is 0. The highest BCUT2D eigenvalue weighted by Gasteiger charge is 2.27. The lowest BCUT2D eigenvalue weighted by Crippen LogP contribution is -2.45. The second kappa shape index (κ2) is 10.6. The third-order valence-corrected chi connectivity index (χ3v) is 5.52. The number of aryl methyl sites for hydroxylation is 1. The lowest BCUT2D eigenvalue weighted by atomic mass is 9.95. The molecule has 0 bridgehead atoms. The van der Waals surface area contributed by atoms with Gasteiger partial charge in [0.15, 0.2) is 0 Å². The number of piperidine rings is 1. The summed E-state index contributed by atoms with van der Waals surface area (Å²) in [6, 6.07) is 14.9. The zero-order valence-corrected chi connectivity index (χ0v) is 18.0. The summed E-state index contributed by atoms with van der Waals surface area (Å²) in [6.07, 6.45) is 1.19. The Morgan fingerprint density at radius 3 is 2.23 bits per heavy atom. The Balaban J connectivity index is 1.37. The molecule has 164 valence electrons. The van der Waals surface area contributed by atoms with Gasteiger partial charge in [0.25, 0.3) is 5.91 Å². The molecule has 1 heterocycles. The number of ether oxygens (including phenoxy) is 1. The van der Waals surface area contributed by atoms with Gasteiger partial charge in [0.1, 0.15) is 5.75 Å². The van der Waals surface area contributed by atoms with E-state index in [4.69, 9.17) is 4.74 Å². The van der Waals surface area contributed by atoms with Crippen molar-refractivity contribution in [2.24, 2.45) is 5.92 Å². The van der Waals surface area contributed by atoms with Crippen LogP contribution in [0.2, 0.25) is 0 Å². The molecule has 2 aromatic rings. The summed E-state index contributed by atoms with van der Waals surface area (Å²) in [6.45, 7) is 3.39. The molecule has 0 spiro atoms. The maximum atomic E-state index is 12.6. The molecule has 1 aliphatic heterocycles. The number of carbonyl (C=O) groups is 3. The quantitative estimate of drug-likeness (QED) is 0.715. The standard InChI is InChI=1S/C24H29N3O4/c1-17-3-7-20(8-4-17)24(30)27-13-11-19(12-14-27)23(29)26-16-22(28)25-15-18-5-9-21(31-2)10-6-18/h3-10,19H,11-16H2,1-2H3,(H,25,28)(H,26,29). The van der Waals surface area contributed by atoms with Crippen molar-refractivity contribution in [3.63, 3.8) is 0 Å². The fraction of sp³-hybridized carbons (Fsp3) is 0.375. The molecule has 2 aromatic carbocycles. The van der Waals surface area contributed by atoms with Gasteiger partial charge in [-0.15, -0.1) is 0 Å². The number of hydrogen-bond acceptors (Lipinski definition) is 4. The minimum atomic E-state index is -0.240. The molecule has 0 saturated carbocycles. The third-order valence-electron chi connectivity index (χ3n) is 5.52. The number of hydrogen-bond donors (Lipinski definition) is 2. The molecular weight excluding hydrogens is 394 g/mol. The number of nitrogens with one attached hydrogen (secondary N) is 2. The SMILES string of the molecule is COc1ccc(CNC(=O)CNC(=O)C2CCN(C(=O)c3ccc(C)cc3)CC2)cc1. The van der Waals surface area contributed by atoms with Gasteiger partial charge in [-0.05, 0) is 49.6 Å². The van der Waals surface area contributed by atoms with Crippen molar-refractivity contribution < 1.29 is 19.1 Å². The number of methoxy groups -OCH3 is 1. The van der Waals surface area contributed by atoms with E-state index in [0.717, 1.165) is 16.9 Å². The van der Waals surface area contributed by atoms with E-state index in [1.165, 1.54) is 0 Å². The van der Waals surface area contributed by atoms with Gasteiger partial charge >= 0.3 is 0 Å². The largest absolute Gasteiger partial charge is 0.497 e. The average Bonchev–Trinajstić information content (AvgIpc) is 2.81. The molecule has 31 heavy (non-hydrogen) atoms. The Labute approximate surface area is 182 Å². The summed E-state index contributed by atoms with van der Waals surface area (Å²) in [5.41, 5.74) is 2.73. The van der Waals surface area contributed by atoms with Crippen LogP contribution in [0.3, 0.4) is 0 Å². The Morgan fingerprint density at radius 1 is 0.968 bits per heavy atom. The highest BCUT2D eigenvalue weighted by atomic mass is 16.5. The van der Waals surface area contributed by atoms with Crippen molar-refractivity contribution >= 4 is 17.7 Å². The second-order valence-electron chi connectivity index (χ2n) is 7.78. The van der Waals surface area contributed by atoms with E-state index < -0.39 is 0 Å². The van der Waals surface area contributed by atoms with Gasteiger partial charge in [-0.1, -0.05) is 29.8 Å². The number of nitrogens with zero attached hydrogens (tertiary/aromatic N) is 1. The van der Waals surface area contributed by atoms with Crippen molar-refractivity contribution in [3.8, 4) is 5.75 Å². The first-order valence-corrected chi connectivity index (χ1v) is 10.5. The van der Waals surface area contributed by atoms with Crippen LogP contribution in [0.25, 0.3) is 0 Å². The van der Waals surface area contributed by atoms with Crippen LogP contribution >= 0.6 is 0 Å². The number of likely N-dealkylation sites (tertiary alicyclic amines) is 1. The zero-order valence-electron chi connectivity index (χ0n) is 18.0. The van der Waals surface area contributed by atoms with Gasteiger partial charge in [-0.3, -0.25) is 14.4 Å². The predicted octanol–water partition coefficient (Wildman–Crippen LogP) is 2.29. The molecule has 0 aliphatic carbocycles. The number of amides is 3. The molecule has 3 amide bonds. The maximum Gasteiger partial charge on any atom is 0.253 e. The van der Waals surface area contributed by atoms with E-state index in [-0.39, 0.29) is 30.2 Å². The topological polar surface area (TPSA) is 87.7 Å². The molecule has 7 nitrogen and oxygen atoms in total. The van der Waals surface area contributed by atoms with Crippen molar-refractivity contribution in [2.75, 3.05) is 26.7 Å². The van der Waals surface area contributed by atoms with Gasteiger partial charge in [0, 0.05) is 31.1 Å². The molecular formula is C24H29N3O4. The highest BCUT2D eigenvalue weighted by molar-refractivity contribution is 5.94. The van der Waals surface area contributed by atoms with Crippen molar-refractivity contribution in [1.82, 2.24) is 15.5 Å². The van der Waals surface area contributed by atoms with Gasteiger partial charge in [0.2, 0.25) is 11.8 Å². The highest BCUT2D eigenvalue weighted by Crippen LogP contribution is 2.19. The minimum Gasteiger partial charge on any atom is -0.497 e. The fourth-order valence-corrected chi connectivity index (χ4v) is 3.54. The smallest absolute Gasteiger partial charge is 0.253 e. The van der Waals surface area contributed by atoms with Gasteiger partial charge in [-0.25, -0.2) is 0 Å². The normalized spacial score (nSPS) is 14.1. The van der Waals surface area contributed by atoms with E-state index in [9.17, 15) is 14.4 Å². The lowest BCUT2D eigenvalue weighted by molar-refractivity contribution is -0.129. The number of rotatable bonds is 7. The van der Waals surface area contributed by atoms with Crippen LogP contribution in [0.5, 0.6) is 5.75 Å². The lowest BCUT2D eigenvalue weighted by Gasteiger charge is -2.31. The second-order valence-corrected chi connectivity index (χ2v) is 7.78. The van der Waals surface area contributed by atoms with Crippen LogP contribution in [0.15, 0.2) is 48.5 Å². The summed E-state index contributed by atoms with van der Waals surface area (Å²) in [7, 11) is 1.60. The molecule has 1 aliphatic rings. The van der Waals surface area contributed by atoms with E-state index in [1.54, 1.807) is 12.0 Å². The van der Waals surface area contributed by atoms with Crippen molar-refractivity contribution in [1.29, 1.82) is 0 Å². The van der Waals surface area contributed by atoms with Crippen LogP contribution in [0.1, 0.15) is 34.3 Å². The number of carbonyl (C=O) groups excluding carboxylic acids is 3. The Bertz CT molecular complexity index is 901. The first-order chi connectivity index (χ1) is 15.0. The van der Waals surface area contributed by atoms with Crippen LogP contribution in [-0.2, 0) is 16.1 Å². The Hall–Kier alpha value is -3.35. The van der Waals surface area contributed by atoms with Crippen LogP contribution < -0.4 is 15.4 Å². The summed E-state index contributed by atoms with van der Waals surface area (Å²) < 4.78 is 5.11. The molecule has 0 unspecified atom stereocenters. The number of benzene rings is 2.